The van der Waals surface area contributed by atoms with Gasteiger partial charge in [0.05, 0.1) is 12.1 Å². The van der Waals surface area contributed by atoms with E-state index in [0.29, 0.717) is 19.3 Å². The second-order valence-corrected chi connectivity index (χ2v) is 15.8. The minimum Gasteiger partial charge on any atom is -0.346 e. The van der Waals surface area contributed by atoms with Gasteiger partial charge in [0.2, 0.25) is 29.4 Å². The first-order valence-corrected chi connectivity index (χ1v) is 18.8. The molecule has 4 N–H and O–H groups in total. The number of Topliss-reactive ketones (excluding diaryl/α,β-unsaturated/α-hetero) is 1. The maximum atomic E-state index is 14.6. The van der Waals surface area contributed by atoms with Gasteiger partial charge in [-0.05, 0) is 49.4 Å². The number of carbonyl (C=O) groups excluding carboxylic acids is 7. The lowest BCUT2D eigenvalue weighted by atomic mass is 9.80. The molecule has 0 aromatic rings. The van der Waals surface area contributed by atoms with Crippen LogP contribution in [0.2, 0.25) is 0 Å². The zero-order chi connectivity index (χ0) is 37.3. The third kappa shape index (κ3) is 10.3. The number of likely N-dealkylation sites (tertiary alicyclic amines) is 2. The first kappa shape index (κ1) is 39.8. The number of ketones is 1. The number of rotatable bonds is 15. The summed E-state index contributed by atoms with van der Waals surface area (Å²) in [6, 6.07) is -4.12. The van der Waals surface area contributed by atoms with Crippen LogP contribution in [0.5, 0.6) is 0 Å². The Labute approximate surface area is 302 Å². The molecule has 2 aliphatic carbocycles. The van der Waals surface area contributed by atoms with Gasteiger partial charge < -0.3 is 26.2 Å². The van der Waals surface area contributed by atoms with Gasteiger partial charge in [-0.3, -0.25) is 33.7 Å². The van der Waals surface area contributed by atoms with Gasteiger partial charge in [0.15, 0.2) is 0 Å². The Balaban J connectivity index is 1.54. The molecule has 7 amide bonds. The Kier molecular flexibility index (Phi) is 14.0. The Morgan fingerprint density at radius 3 is 2.10 bits per heavy atom. The van der Waals surface area contributed by atoms with Crippen LogP contribution in [-0.2, 0) is 28.8 Å². The first-order valence-electron chi connectivity index (χ1n) is 18.8. The molecule has 2 aliphatic heterocycles. The Morgan fingerprint density at radius 2 is 1.53 bits per heavy atom. The van der Waals surface area contributed by atoms with Crippen LogP contribution in [0, 0.1) is 23.2 Å². The van der Waals surface area contributed by atoms with Crippen molar-refractivity contribution in [2.24, 2.45) is 23.2 Å². The fourth-order valence-electron chi connectivity index (χ4n) is 7.70. The summed E-state index contributed by atoms with van der Waals surface area (Å²) >= 11 is 0. The minimum absolute atomic E-state index is 0.0262. The van der Waals surface area contributed by atoms with E-state index in [0.717, 1.165) is 51.4 Å². The molecule has 2 heterocycles. The molecule has 13 nitrogen and oxygen atoms in total. The van der Waals surface area contributed by atoms with Crippen LogP contribution in [-0.4, -0.2) is 95.0 Å². The molecular weight excluding hydrogens is 652 g/mol. The molecule has 0 aromatic carbocycles. The molecule has 2 saturated carbocycles. The van der Waals surface area contributed by atoms with Crippen molar-refractivity contribution < 1.29 is 33.6 Å². The molecule has 5 atom stereocenters. The molecule has 4 rings (SSSR count). The second kappa shape index (κ2) is 17.9. The lowest BCUT2D eigenvalue weighted by Crippen LogP contribution is -2.61. The van der Waals surface area contributed by atoms with Crippen LogP contribution in [0.4, 0.5) is 4.79 Å². The van der Waals surface area contributed by atoms with Crippen molar-refractivity contribution in [2.45, 2.75) is 128 Å². The second-order valence-electron chi connectivity index (χ2n) is 15.8. The van der Waals surface area contributed by atoms with Gasteiger partial charge in [-0.25, -0.2) is 4.79 Å². The average molecular weight is 711 g/mol. The number of nitrogens with zero attached hydrogens (tertiary/aromatic N) is 2. The minimum atomic E-state index is -1.04. The summed E-state index contributed by atoms with van der Waals surface area (Å²) in [6.07, 6.45) is 12.1. The van der Waals surface area contributed by atoms with Crippen LogP contribution >= 0.6 is 0 Å². The number of hydrogen-bond donors (Lipinski definition) is 4. The third-order valence-electron chi connectivity index (χ3n) is 11.1. The van der Waals surface area contributed by atoms with E-state index in [2.05, 4.69) is 34.4 Å². The molecule has 4 aliphatic rings. The lowest BCUT2D eigenvalue weighted by molar-refractivity contribution is -0.148. The van der Waals surface area contributed by atoms with Gasteiger partial charge in [-0.1, -0.05) is 71.4 Å². The van der Waals surface area contributed by atoms with E-state index in [9.17, 15) is 33.6 Å². The van der Waals surface area contributed by atoms with Gasteiger partial charge in [-0.2, -0.15) is 0 Å². The van der Waals surface area contributed by atoms with Gasteiger partial charge in [-0.15, -0.1) is 13.2 Å². The number of hydrogen-bond acceptors (Lipinski definition) is 7. The maximum Gasteiger partial charge on any atom is 0.315 e. The highest BCUT2D eigenvalue weighted by Gasteiger charge is 2.46. The number of imide groups is 1. The Hall–Kier alpha value is -4.03. The van der Waals surface area contributed by atoms with Crippen molar-refractivity contribution in [3.05, 3.63) is 25.3 Å². The molecule has 4 fully saturated rings. The van der Waals surface area contributed by atoms with E-state index in [1.165, 1.54) is 15.9 Å². The summed E-state index contributed by atoms with van der Waals surface area (Å²) in [5.74, 6) is -3.32. The van der Waals surface area contributed by atoms with E-state index >= 15 is 0 Å². The molecule has 282 valence electrons. The first-order chi connectivity index (χ1) is 24.2. The van der Waals surface area contributed by atoms with E-state index in [1.54, 1.807) is 6.08 Å². The van der Waals surface area contributed by atoms with E-state index in [4.69, 9.17) is 0 Å². The standard InChI is InChI=1S/C38H58N6O7/c1-6-20-39-35(49)33(47)27(22-24-13-11-14-24)40-34(48)32-25(7-2)19-21-43(32)36(50)31(26-15-9-8-10-16-26)42-37(51)41-28(38(3,4)5)23-44-29(45)17-12-18-30(44)46/h6-7,24-28,31-32H,1-2,8-23H2,3-5H3,(H,39,49)(H,40,48)(H2,41,42,51)/t25-,27?,28+,31-,32-/m0/s1. The molecule has 2 saturated heterocycles. The summed E-state index contributed by atoms with van der Waals surface area (Å²) < 4.78 is 0. The Bertz CT molecular complexity index is 1330. The van der Waals surface area contributed by atoms with Crippen LogP contribution < -0.4 is 21.3 Å². The molecule has 0 spiro atoms. The van der Waals surface area contributed by atoms with Gasteiger partial charge in [0.25, 0.3) is 5.91 Å². The summed E-state index contributed by atoms with van der Waals surface area (Å²) in [5.41, 5.74) is -0.523. The van der Waals surface area contributed by atoms with E-state index in [-0.39, 0.29) is 62.0 Å². The molecule has 1 unspecified atom stereocenters. The number of amides is 7. The third-order valence-corrected chi connectivity index (χ3v) is 11.1. The van der Waals surface area contributed by atoms with Crippen molar-refractivity contribution in [1.29, 1.82) is 0 Å². The highest BCUT2D eigenvalue weighted by molar-refractivity contribution is 6.38. The highest BCUT2D eigenvalue weighted by Crippen LogP contribution is 2.33. The molecule has 51 heavy (non-hydrogen) atoms. The number of nitrogens with one attached hydrogen (secondary N) is 4. The normalized spacial score (nSPS) is 23.4. The quantitative estimate of drug-likeness (QED) is 0.115. The topological polar surface area (TPSA) is 174 Å². The zero-order valence-corrected chi connectivity index (χ0v) is 30.7. The van der Waals surface area contributed by atoms with Gasteiger partial charge in [0.1, 0.15) is 12.1 Å². The predicted octanol–water partition coefficient (Wildman–Crippen LogP) is 3.14. The van der Waals surface area contributed by atoms with Crippen LogP contribution in [0.1, 0.15) is 104 Å². The molecule has 13 heteroatoms. The molecule has 0 aromatic heterocycles. The maximum absolute atomic E-state index is 14.6. The smallest absolute Gasteiger partial charge is 0.315 e. The Morgan fingerprint density at radius 1 is 0.863 bits per heavy atom. The fraction of sp³-hybridized carbons (Fsp3) is 0.711. The van der Waals surface area contributed by atoms with Crippen LogP contribution in [0.15, 0.2) is 25.3 Å². The van der Waals surface area contributed by atoms with Crippen molar-refractivity contribution in [3.63, 3.8) is 0 Å². The largest absolute Gasteiger partial charge is 0.346 e. The van der Waals surface area contributed by atoms with Gasteiger partial charge in [0, 0.05) is 38.4 Å². The fourth-order valence-corrected chi connectivity index (χ4v) is 7.70. The summed E-state index contributed by atoms with van der Waals surface area (Å²) in [7, 11) is 0. The molecule has 0 radical (unpaired) electrons. The van der Waals surface area contributed by atoms with Crippen molar-refractivity contribution in [3.8, 4) is 0 Å². The van der Waals surface area contributed by atoms with Crippen LogP contribution in [0.25, 0.3) is 0 Å². The number of carbonyl (C=O) groups is 7. The highest BCUT2D eigenvalue weighted by atomic mass is 16.2. The lowest BCUT2D eigenvalue weighted by Gasteiger charge is -2.38. The number of piperidine rings is 1. The summed E-state index contributed by atoms with van der Waals surface area (Å²) in [6.45, 7) is 13.6. The SMILES string of the molecule is C=CCNC(=O)C(=O)C(CC1CCC1)NC(=O)[C@@H]1[C@@H](C=C)CCN1C(=O)[C@@H](NC(=O)N[C@H](CN1C(=O)CCCC1=O)C(C)(C)C)C1CCCCC1. The summed E-state index contributed by atoms with van der Waals surface area (Å²) in [5, 5.41) is 11.3. The summed E-state index contributed by atoms with van der Waals surface area (Å²) in [4.78, 5) is 96.2. The average Bonchev–Trinajstić information content (AvgIpc) is 3.52. The van der Waals surface area contributed by atoms with E-state index < -0.39 is 59.1 Å². The van der Waals surface area contributed by atoms with Crippen molar-refractivity contribution >= 4 is 41.4 Å². The zero-order valence-electron chi connectivity index (χ0n) is 30.7. The van der Waals surface area contributed by atoms with Gasteiger partial charge >= 0.3 is 6.03 Å². The molecule has 0 bridgehead atoms. The van der Waals surface area contributed by atoms with Crippen LogP contribution in [0.3, 0.4) is 0 Å². The number of urea groups is 1. The van der Waals surface area contributed by atoms with Crippen molar-refractivity contribution in [2.75, 3.05) is 19.6 Å². The monoisotopic (exact) mass is 710 g/mol. The molecular formula is C38H58N6O7. The predicted molar refractivity (Wildman–Crippen MR) is 192 cm³/mol. The van der Waals surface area contributed by atoms with Crippen molar-refractivity contribution in [1.82, 2.24) is 31.1 Å². The van der Waals surface area contributed by atoms with E-state index in [1.807, 2.05) is 20.8 Å².